The Balaban J connectivity index is 0.000000355. The minimum Gasteiger partial charge on any atom is -0.309 e. The second-order valence-electron chi connectivity index (χ2n) is 9.87. The number of hydrogen-bond acceptors (Lipinski definition) is 4. The zero-order valence-corrected chi connectivity index (χ0v) is 22.1. The topological polar surface area (TPSA) is 41.1 Å². The minimum absolute atomic E-state index is 0.796. The van der Waals surface area contributed by atoms with Gasteiger partial charge in [-0.05, 0) is 93.6 Å². The van der Waals surface area contributed by atoms with Gasteiger partial charge in [-0.2, -0.15) is 0 Å². The second-order valence-corrected chi connectivity index (χ2v) is 9.87. The molecule has 1 aromatic heterocycles. The number of fused-ring (bicyclic) bond motifs is 1. The van der Waals surface area contributed by atoms with Crippen LogP contribution < -0.4 is 5.32 Å². The highest BCUT2D eigenvalue weighted by molar-refractivity contribution is 5.55. The largest absolute Gasteiger partial charge is 0.309 e. The molecule has 1 aliphatic carbocycles. The number of nitrogens with one attached hydrogen (secondary N) is 1. The molecule has 0 bridgehead atoms. The lowest BCUT2D eigenvalue weighted by atomic mass is 10.1. The SMILES string of the molecule is C=C(CCC)CNCc1cccc(-c2ncc(CCCCN(C)C)cn2)c1.Cc1cccc2c1C2. The minimum atomic E-state index is 0.796. The number of unbranched alkanes of at least 4 members (excludes halogenated alkanes) is 1. The van der Waals surface area contributed by atoms with Crippen LogP contribution in [0.15, 0.2) is 67.0 Å². The molecule has 3 aromatic rings. The Morgan fingerprint density at radius 3 is 2.49 bits per heavy atom. The van der Waals surface area contributed by atoms with E-state index in [2.05, 4.69) is 97.2 Å². The summed E-state index contributed by atoms with van der Waals surface area (Å²) >= 11 is 0. The molecule has 186 valence electrons. The van der Waals surface area contributed by atoms with E-state index in [1.165, 1.54) is 41.5 Å². The van der Waals surface area contributed by atoms with E-state index >= 15 is 0 Å². The van der Waals surface area contributed by atoms with E-state index in [0.717, 1.165) is 50.3 Å². The maximum absolute atomic E-state index is 4.58. The van der Waals surface area contributed by atoms with Crippen LogP contribution in [0.5, 0.6) is 0 Å². The van der Waals surface area contributed by atoms with Gasteiger partial charge < -0.3 is 10.2 Å². The molecule has 0 saturated carbocycles. The van der Waals surface area contributed by atoms with Crippen molar-refractivity contribution in [1.29, 1.82) is 0 Å². The van der Waals surface area contributed by atoms with Gasteiger partial charge in [-0.15, -0.1) is 0 Å². The van der Waals surface area contributed by atoms with E-state index in [-0.39, 0.29) is 0 Å². The second kappa shape index (κ2) is 13.9. The first-order chi connectivity index (χ1) is 17.0. The molecule has 0 radical (unpaired) electrons. The van der Waals surface area contributed by atoms with Crippen molar-refractivity contribution in [2.45, 2.75) is 58.9 Å². The first-order valence-electron chi connectivity index (χ1n) is 13.0. The van der Waals surface area contributed by atoms with Crippen molar-refractivity contribution in [2.24, 2.45) is 0 Å². The fourth-order valence-electron chi connectivity index (χ4n) is 4.14. The fraction of sp³-hybridized carbons (Fsp3) is 0.419. The summed E-state index contributed by atoms with van der Waals surface area (Å²) in [5.41, 5.74) is 9.37. The fourth-order valence-corrected chi connectivity index (χ4v) is 4.14. The van der Waals surface area contributed by atoms with E-state index in [0.29, 0.717) is 0 Å². The lowest BCUT2D eigenvalue weighted by Gasteiger charge is -2.09. The molecule has 0 fully saturated rings. The third-order valence-corrected chi connectivity index (χ3v) is 6.27. The number of rotatable bonds is 12. The average molecular weight is 471 g/mol. The van der Waals surface area contributed by atoms with Gasteiger partial charge in [0.25, 0.3) is 0 Å². The molecule has 1 N–H and O–H groups in total. The van der Waals surface area contributed by atoms with Crippen LogP contribution in [0.1, 0.15) is 60.4 Å². The molecule has 0 aliphatic heterocycles. The molecule has 0 saturated heterocycles. The molecule has 0 unspecified atom stereocenters. The quantitative estimate of drug-likeness (QED) is 0.193. The van der Waals surface area contributed by atoms with Crippen molar-refractivity contribution in [3.8, 4) is 11.4 Å². The maximum Gasteiger partial charge on any atom is 0.159 e. The molecule has 4 nitrogen and oxygen atoms in total. The molecule has 0 amide bonds. The van der Waals surface area contributed by atoms with Gasteiger partial charge in [0, 0.05) is 31.0 Å². The van der Waals surface area contributed by atoms with Crippen molar-refractivity contribution in [2.75, 3.05) is 27.2 Å². The van der Waals surface area contributed by atoms with Gasteiger partial charge in [0.15, 0.2) is 5.82 Å². The van der Waals surface area contributed by atoms with Crippen molar-refractivity contribution in [3.05, 3.63) is 94.8 Å². The Kier molecular flexibility index (Phi) is 10.6. The van der Waals surface area contributed by atoms with E-state index in [1.54, 1.807) is 11.1 Å². The predicted molar refractivity (Wildman–Crippen MR) is 149 cm³/mol. The lowest BCUT2D eigenvalue weighted by Crippen LogP contribution is -2.16. The van der Waals surface area contributed by atoms with Gasteiger partial charge in [0.05, 0.1) is 0 Å². The molecule has 4 rings (SSSR count). The molecular formula is C31H42N4. The van der Waals surface area contributed by atoms with E-state index in [1.807, 2.05) is 12.4 Å². The highest BCUT2D eigenvalue weighted by Gasteiger charge is 2.16. The Bertz CT molecular complexity index is 1070. The summed E-state index contributed by atoms with van der Waals surface area (Å²) in [6, 6.07) is 15.0. The average Bonchev–Trinajstić information content (AvgIpc) is 3.64. The maximum atomic E-state index is 4.58. The van der Waals surface area contributed by atoms with Gasteiger partial charge in [0.1, 0.15) is 0 Å². The Morgan fingerprint density at radius 1 is 1.03 bits per heavy atom. The first-order valence-corrected chi connectivity index (χ1v) is 13.0. The molecular weight excluding hydrogens is 428 g/mol. The zero-order chi connectivity index (χ0) is 25.0. The summed E-state index contributed by atoms with van der Waals surface area (Å²) in [6.45, 7) is 11.3. The standard InChI is InChI=1S/C23H34N4.C8H8/c1-5-9-19(2)15-24-16-20-11-8-12-22(14-20)23-25-17-21(18-26-23)10-6-7-13-27(3)4;1-6-3-2-4-7-5-8(6)7/h8,11-12,14,17-18,24H,2,5-7,9-10,13,15-16H2,1,3-4H3;2-4H,5H2,1H3. The smallest absolute Gasteiger partial charge is 0.159 e. The molecule has 0 spiro atoms. The van der Waals surface area contributed by atoms with Crippen LogP contribution in [0.3, 0.4) is 0 Å². The molecule has 35 heavy (non-hydrogen) atoms. The van der Waals surface area contributed by atoms with Crippen LogP contribution >= 0.6 is 0 Å². The predicted octanol–water partition coefficient (Wildman–Crippen LogP) is 6.37. The van der Waals surface area contributed by atoms with Crippen molar-refractivity contribution < 1.29 is 0 Å². The van der Waals surface area contributed by atoms with Crippen LogP contribution in [0.25, 0.3) is 11.4 Å². The molecule has 0 atom stereocenters. The summed E-state index contributed by atoms with van der Waals surface area (Å²) in [7, 11) is 4.23. The third-order valence-electron chi connectivity index (χ3n) is 6.27. The summed E-state index contributed by atoms with van der Waals surface area (Å²) in [6.07, 6.45) is 10.8. The van der Waals surface area contributed by atoms with Crippen LogP contribution in [0.4, 0.5) is 0 Å². The van der Waals surface area contributed by atoms with E-state index in [4.69, 9.17) is 0 Å². The highest BCUT2D eigenvalue weighted by Crippen LogP contribution is 2.29. The number of hydrogen-bond donors (Lipinski definition) is 1. The number of aromatic nitrogens is 2. The van der Waals surface area contributed by atoms with E-state index in [9.17, 15) is 0 Å². The Labute approximate surface area is 212 Å². The highest BCUT2D eigenvalue weighted by atomic mass is 15.0. The summed E-state index contributed by atoms with van der Waals surface area (Å²) in [5, 5.41) is 3.47. The molecule has 4 heteroatoms. The van der Waals surface area contributed by atoms with Crippen LogP contribution in [-0.2, 0) is 19.4 Å². The van der Waals surface area contributed by atoms with Crippen molar-refractivity contribution in [3.63, 3.8) is 0 Å². The molecule has 1 aliphatic rings. The van der Waals surface area contributed by atoms with Crippen molar-refractivity contribution >= 4 is 0 Å². The van der Waals surface area contributed by atoms with E-state index < -0.39 is 0 Å². The Hall–Kier alpha value is -2.82. The van der Waals surface area contributed by atoms with Gasteiger partial charge in [-0.3, -0.25) is 0 Å². The number of nitrogens with zero attached hydrogens (tertiary/aromatic N) is 3. The summed E-state index contributed by atoms with van der Waals surface area (Å²) < 4.78 is 0. The molecule has 2 aromatic carbocycles. The van der Waals surface area contributed by atoms with Gasteiger partial charge in [-0.25, -0.2) is 9.97 Å². The monoisotopic (exact) mass is 470 g/mol. The molecule has 1 heterocycles. The summed E-state index contributed by atoms with van der Waals surface area (Å²) in [5.74, 6) is 0.796. The van der Waals surface area contributed by atoms with Gasteiger partial charge in [0.2, 0.25) is 0 Å². The normalized spacial score (nSPS) is 11.6. The Morgan fingerprint density at radius 2 is 1.80 bits per heavy atom. The van der Waals surface area contributed by atoms with Gasteiger partial charge >= 0.3 is 0 Å². The summed E-state index contributed by atoms with van der Waals surface area (Å²) in [4.78, 5) is 11.4. The zero-order valence-electron chi connectivity index (χ0n) is 22.1. The number of benzene rings is 2. The van der Waals surface area contributed by atoms with Crippen molar-refractivity contribution in [1.82, 2.24) is 20.2 Å². The van der Waals surface area contributed by atoms with Crippen LogP contribution in [-0.4, -0.2) is 42.1 Å². The van der Waals surface area contributed by atoms with Crippen LogP contribution in [0, 0.1) is 6.92 Å². The van der Waals surface area contributed by atoms with Crippen LogP contribution in [0.2, 0.25) is 0 Å². The van der Waals surface area contributed by atoms with Gasteiger partial charge in [-0.1, -0.05) is 61.9 Å². The first kappa shape index (κ1) is 26.8. The lowest BCUT2D eigenvalue weighted by molar-refractivity contribution is 0.394. The number of aryl methyl sites for hydroxylation is 2. The third kappa shape index (κ3) is 9.39.